The predicted octanol–water partition coefficient (Wildman–Crippen LogP) is 1.52. The van der Waals surface area contributed by atoms with Gasteiger partial charge in [-0.1, -0.05) is 0 Å². The van der Waals surface area contributed by atoms with E-state index in [2.05, 4.69) is 5.32 Å². The molecule has 0 saturated carbocycles. The van der Waals surface area contributed by atoms with E-state index in [1.807, 2.05) is 0 Å². The van der Waals surface area contributed by atoms with Crippen LogP contribution in [0.5, 0.6) is 0 Å². The molecule has 1 fully saturated rings. The highest BCUT2D eigenvalue weighted by Gasteiger charge is 2.44. The maximum Gasteiger partial charge on any atom is 0.411 e. The van der Waals surface area contributed by atoms with Crippen molar-refractivity contribution in [1.29, 1.82) is 0 Å². The molecule has 0 radical (unpaired) electrons. The molecule has 1 rings (SSSR count). The Morgan fingerprint density at radius 3 is 2.07 bits per heavy atom. The standard InChI is InChI=1S/C19H33N3O7/c1-18(2,3)28-16(25)20-10-14(23)21(7)12-9-13(15(24)27-8)22(11-12)17(26)29-19(4,5)6/h12-13H,9-11H2,1-8H3,(H,20,25)/t12-,13+/m1/s1. The zero-order chi connectivity index (χ0) is 22.6. The summed E-state index contributed by atoms with van der Waals surface area (Å²) in [7, 11) is 2.79. The van der Waals surface area contributed by atoms with Gasteiger partial charge in [0.1, 0.15) is 23.8 Å². The van der Waals surface area contributed by atoms with Gasteiger partial charge in [-0.2, -0.15) is 0 Å². The van der Waals surface area contributed by atoms with Crippen LogP contribution in [0.4, 0.5) is 9.59 Å². The van der Waals surface area contributed by atoms with Gasteiger partial charge in [0.25, 0.3) is 0 Å². The van der Waals surface area contributed by atoms with E-state index in [1.165, 1.54) is 16.9 Å². The van der Waals surface area contributed by atoms with E-state index in [0.29, 0.717) is 0 Å². The molecule has 1 saturated heterocycles. The SMILES string of the molecule is COC(=O)[C@@H]1C[C@@H](N(C)C(=O)CNC(=O)OC(C)(C)C)CN1C(=O)OC(C)(C)C. The van der Waals surface area contributed by atoms with E-state index < -0.39 is 41.4 Å². The first-order chi connectivity index (χ1) is 13.1. The van der Waals surface area contributed by atoms with Crippen molar-refractivity contribution in [2.75, 3.05) is 27.2 Å². The van der Waals surface area contributed by atoms with E-state index in [9.17, 15) is 19.2 Å². The lowest BCUT2D eigenvalue weighted by Gasteiger charge is -2.28. The molecule has 0 aromatic rings. The van der Waals surface area contributed by atoms with Gasteiger partial charge in [0.2, 0.25) is 5.91 Å². The summed E-state index contributed by atoms with van der Waals surface area (Å²) >= 11 is 0. The number of hydrogen-bond donors (Lipinski definition) is 1. The van der Waals surface area contributed by atoms with Gasteiger partial charge in [-0.25, -0.2) is 14.4 Å². The maximum absolute atomic E-state index is 12.5. The molecule has 0 spiro atoms. The monoisotopic (exact) mass is 415 g/mol. The molecule has 0 bridgehead atoms. The lowest BCUT2D eigenvalue weighted by molar-refractivity contribution is -0.145. The number of esters is 1. The quantitative estimate of drug-likeness (QED) is 0.547. The van der Waals surface area contributed by atoms with Crippen molar-refractivity contribution in [3.05, 3.63) is 0 Å². The van der Waals surface area contributed by atoms with Crippen LogP contribution in [0.15, 0.2) is 0 Å². The number of alkyl carbamates (subject to hydrolysis) is 1. The fraction of sp³-hybridized carbons (Fsp3) is 0.789. The molecule has 0 unspecified atom stereocenters. The van der Waals surface area contributed by atoms with Gasteiger partial charge < -0.3 is 24.4 Å². The third kappa shape index (κ3) is 7.78. The Morgan fingerprint density at radius 2 is 1.59 bits per heavy atom. The first kappa shape index (κ1) is 24.5. The molecule has 0 aromatic heterocycles. The molecule has 1 heterocycles. The summed E-state index contributed by atoms with van der Waals surface area (Å²) in [5, 5.41) is 2.40. The van der Waals surface area contributed by atoms with Gasteiger partial charge in [0, 0.05) is 20.0 Å². The van der Waals surface area contributed by atoms with Crippen molar-refractivity contribution in [2.45, 2.75) is 71.2 Å². The fourth-order valence-electron chi connectivity index (χ4n) is 2.77. The number of likely N-dealkylation sites (N-methyl/N-ethyl adjacent to an activating group) is 1. The zero-order valence-corrected chi connectivity index (χ0v) is 18.5. The van der Waals surface area contributed by atoms with Gasteiger partial charge >= 0.3 is 18.2 Å². The highest BCUT2D eigenvalue weighted by atomic mass is 16.6. The molecule has 10 nitrogen and oxygen atoms in total. The van der Waals surface area contributed by atoms with Gasteiger partial charge in [-0.05, 0) is 41.5 Å². The molecule has 1 aliphatic heterocycles. The highest BCUT2D eigenvalue weighted by molar-refractivity contribution is 5.84. The Labute approximate surface area is 171 Å². The minimum atomic E-state index is -0.853. The van der Waals surface area contributed by atoms with Crippen molar-refractivity contribution in [1.82, 2.24) is 15.1 Å². The number of likely N-dealkylation sites (tertiary alicyclic amines) is 1. The highest BCUT2D eigenvalue weighted by Crippen LogP contribution is 2.25. The molecule has 3 amide bonds. The van der Waals surface area contributed by atoms with Crippen LogP contribution in [0, 0.1) is 0 Å². The lowest BCUT2D eigenvalue weighted by atomic mass is 10.1. The fourth-order valence-corrected chi connectivity index (χ4v) is 2.77. The summed E-state index contributed by atoms with van der Waals surface area (Å²) < 4.78 is 15.3. The minimum Gasteiger partial charge on any atom is -0.467 e. The van der Waals surface area contributed by atoms with Crippen molar-refractivity contribution >= 4 is 24.1 Å². The summed E-state index contributed by atoms with van der Waals surface area (Å²) in [6.07, 6.45) is -1.14. The lowest BCUT2D eigenvalue weighted by Crippen LogP contribution is -2.46. The van der Waals surface area contributed by atoms with Gasteiger partial charge in [-0.3, -0.25) is 9.69 Å². The molecule has 10 heteroatoms. The number of nitrogens with zero attached hydrogens (tertiary/aromatic N) is 2. The van der Waals surface area contributed by atoms with E-state index >= 15 is 0 Å². The Morgan fingerprint density at radius 1 is 1.03 bits per heavy atom. The number of carbonyl (C=O) groups excluding carboxylic acids is 4. The second kappa shape index (κ2) is 9.32. The van der Waals surface area contributed by atoms with Crippen LogP contribution in [0.2, 0.25) is 0 Å². The summed E-state index contributed by atoms with van der Waals surface area (Å²) in [5.74, 6) is -0.957. The first-order valence-electron chi connectivity index (χ1n) is 9.44. The zero-order valence-electron chi connectivity index (χ0n) is 18.5. The molecule has 166 valence electrons. The average Bonchev–Trinajstić information content (AvgIpc) is 3.00. The summed E-state index contributed by atoms with van der Waals surface area (Å²) in [6, 6.07) is -1.28. The van der Waals surface area contributed by atoms with Crippen molar-refractivity contribution in [3.63, 3.8) is 0 Å². The average molecular weight is 415 g/mol. The normalized spacial score (nSPS) is 19.4. The van der Waals surface area contributed by atoms with Crippen molar-refractivity contribution in [3.8, 4) is 0 Å². The maximum atomic E-state index is 12.5. The number of methoxy groups -OCH3 is 1. The first-order valence-corrected chi connectivity index (χ1v) is 9.44. The third-order valence-electron chi connectivity index (χ3n) is 4.10. The molecule has 1 aliphatic rings. The second-order valence-corrected chi connectivity index (χ2v) is 8.92. The number of carbonyl (C=O) groups is 4. The van der Waals surface area contributed by atoms with Crippen LogP contribution in [-0.2, 0) is 23.8 Å². The van der Waals surface area contributed by atoms with Crippen LogP contribution in [0.3, 0.4) is 0 Å². The summed E-state index contributed by atoms with van der Waals surface area (Å²) in [6.45, 7) is 10.2. The number of hydrogen-bond acceptors (Lipinski definition) is 7. The topological polar surface area (TPSA) is 114 Å². The van der Waals surface area contributed by atoms with Gasteiger partial charge in [-0.15, -0.1) is 0 Å². The third-order valence-corrected chi connectivity index (χ3v) is 4.10. The van der Waals surface area contributed by atoms with Crippen LogP contribution in [-0.4, -0.2) is 84.4 Å². The molecule has 2 atom stereocenters. The van der Waals surface area contributed by atoms with Gasteiger partial charge in [0.15, 0.2) is 0 Å². The van der Waals surface area contributed by atoms with E-state index in [4.69, 9.17) is 14.2 Å². The van der Waals surface area contributed by atoms with E-state index in [-0.39, 0.29) is 25.4 Å². The van der Waals surface area contributed by atoms with E-state index in [0.717, 1.165) is 0 Å². The Kier molecular flexibility index (Phi) is 7.88. The molecule has 1 N–H and O–H groups in total. The molecule has 29 heavy (non-hydrogen) atoms. The molecular weight excluding hydrogens is 382 g/mol. The second-order valence-electron chi connectivity index (χ2n) is 8.92. The summed E-state index contributed by atoms with van der Waals surface area (Å²) in [5.41, 5.74) is -1.40. The molecular formula is C19H33N3O7. The van der Waals surface area contributed by atoms with Crippen LogP contribution in [0.1, 0.15) is 48.0 Å². The Hall–Kier alpha value is -2.52. The Bertz CT molecular complexity index is 637. The number of rotatable bonds is 4. The largest absolute Gasteiger partial charge is 0.467 e. The minimum absolute atomic E-state index is 0.114. The van der Waals surface area contributed by atoms with Crippen molar-refractivity contribution < 1.29 is 33.4 Å². The Balaban J connectivity index is 2.77. The smallest absolute Gasteiger partial charge is 0.411 e. The molecule has 0 aliphatic carbocycles. The molecule has 0 aromatic carbocycles. The van der Waals surface area contributed by atoms with Crippen LogP contribution in [0.25, 0.3) is 0 Å². The summed E-state index contributed by atoms with van der Waals surface area (Å²) in [4.78, 5) is 51.5. The van der Waals surface area contributed by atoms with Crippen molar-refractivity contribution in [2.24, 2.45) is 0 Å². The number of nitrogens with one attached hydrogen (secondary N) is 1. The van der Waals surface area contributed by atoms with Crippen LogP contribution < -0.4 is 5.32 Å². The number of ether oxygens (including phenoxy) is 3. The predicted molar refractivity (Wildman–Crippen MR) is 104 cm³/mol. The van der Waals surface area contributed by atoms with Crippen LogP contribution >= 0.6 is 0 Å². The van der Waals surface area contributed by atoms with Gasteiger partial charge in [0.05, 0.1) is 13.2 Å². The number of amides is 3. The van der Waals surface area contributed by atoms with E-state index in [1.54, 1.807) is 48.6 Å².